The van der Waals surface area contributed by atoms with Crippen molar-refractivity contribution >= 4 is 35.0 Å². The van der Waals surface area contributed by atoms with E-state index in [4.69, 9.17) is 30.5 Å². The van der Waals surface area contributed by atoms with Crippen molar-refractivity contribution in [3.8, 4) is 17.2 Å². The number of carbonyl (C=O) groups is 1. The lowest BCUT2D eigenvalue weighted by molar-refractivity contribution is -0.139. The van der Waals surface area contributed by atoms with Crippen LogP contribution in [0.5, 0.6) is 17.2 Å². The van der Waals surface area contributed by atoms with Crippen LogP contribution in [0.2, 0.25) is 5.02 Å². The molecule has 2 heterocycles. The highest BCUT2D eigenvalue weighted by Gasteiger charge is 2.33. The smallest absolute Gasteiger partial charge is 0.338 e. The molecule has 0 bridgehead atoms. The number of carbonyl (C=O) groups excluding carboxylic acids is 1. The Hall–Kier alpha value is -4.60. The Bertz CT molecular complexity index is 1980. The molecule has 0 saturated carbocycles. The van der Waals surface area contributed by atoms with Gasteiger partial charge in [-0.05, 0) is 74.7 Å². The zero-order valence-electron chi connectivity index (χ0n) is 26.2. The summed E-state index contributed by atoms with van der Waals surface area (Å²) in [6.45, 7) is 10.2. The normalized spacial score (nSPS) is 14.4. The number of halogens is 1. The van der Waals surface area contributed by atoms with E-state index >= 15 is 0 Å². The second-order valence-corrected chi connectivity index (χ2v) is 11.8. The summed E-state index contributed by atoms with van der Waals surface area (Å²) in [7, 11) is 1.58. The molecule has 0 saturated heterocycles. The van der Waals surface area contributed by atoms with Gasteiger partial charge in [-0.1, -0.05) is 59.3 Å². The van der Waals surface area contributed by atoms with Crippen molar-refractivity contribution < 1.29 is 23.7 Å². The molecule has 0 radical (unpaired) electrons. The number of benzene rings is 3. The standard InChI is InChI=1S/C36H35ClN2O6S/c1-6-11-25-18-23(19-29(43-7-2)33(25)45-21-26-12-9-10-13-28(26)37)20-30-34(40)39-32(24-14-16-27(42-5)17-15-24)31(35(41)44-8-3)22(4)38-36(39)46-30/h6,9-10,12-20,32H,1,7-8,11,21H2,2-5H3/b30-20+/t32-/m0/s1. The second kappa shape index (κ2) is 14.7. The minimum absolute atomic E-state index is 0.197. The molecule has 1 aromatic heterocycles. The van der Waals surface area contributed by atoms with E-state index in [1.165, 1.54) is 11.3 Å². The molecule has 0 amide bonds. The molecule has 238 valence electrons. The van der Waals surface area contributed by atoms with Crippen molar-refractivity contribution in [3.63, 3.8) is 0 Å². The summed E-state index contributed by atoms with van der Waals surface area (Å²) in [5, 5.41) is 0.618. The van der Waals surface area contributed by atoms with Crippen LogP contribution in [0.1, 0.15) is 49.1 Å². The molecule has 1 atom stereocenters. The maximum absolute atomic E-state index is 14.1. The predicted molar refractivity (Wildman–Crippen MR) is 181 cm³/mol. The van der Waals surface area contributed by atoms with Crippen LogP contribution >= 0.6 is 22.9 Å². The first-order valence-corrected chi connectivity index (χ1v) is 16.1. The van der Waals surface area contributed by atoms with Gasteiger partial charge in [0.2, 0.25) is 0 Å². The Balaban J connectivity index is 1.63. The van der Waals surface area contributed by atoms with Gasteiger partial charge in [0.15, 0.2) is 16.3 Å². The third kappa shape index (κ3) is 6.80. The zero-order chi connectivity index (χ0) is 32.8. The monoisotopic (exact) mass is 658 g/mol. The van der Waals surface area contributed by atoms with Gasteiger partial charge in [-0.3, -0.25) is 9.36 Å². The summed E-state index contributed by atoms with van der Waals surface area (Å²) >= 11 is 7.63. The summed E-state index contributed by atoms with van der Waals surface area (Å²) in [5.41, 5.74) is 3.72. The van der Waals surface area contributed by atoms with Crippen LogP contribution in [-0.2, 0) is 22.6 Å². The minimum Gasteiger partial charge on any atom is -0.497 e. The molecule has 5 rings (SSSR count). The number of aromatic nitrogens is 1. The molecule has 0 unspecified atom stereocenters. The lowest BCUT2D eigenvalue weighted by Crippen LogP contribution is -2.39. The number of nitrogens with zero attached hydrogens (tertiary/aromatic N) is 2. The summed E-state index contributed by atoms with van der Waals surface area (Å²) < 4.78 is 25.0. The third-order valence-electron chi connectivity index (χ3n) is 7.39. The number of thiazole rings is 1. The van der Waals surface area contributed by atoms with E-state index in [0.29, 0.717) is 55.9 Å². The number of ether oxygens (including phenoxy) is 4. The van der Waals surface area contributed by atoms with E-state index in [2.05, 4.69) is 11.6 Å². The van der Waals surface area contributed by atoms with E-state index in [0.717, 1.165) is 22.3 Å². The van der Waals surface area contributed by atoms with Crippen molar-refractivity contribution in [2.45, 2.75) is 39.8 Å². The van der Waals surface area contributed by atoms with Gasteiger partial charge < -0.3 is 18.9 Å². The third-order valence-corrected chi connectivity index (χ3v) is 8.75. The van der Waals surface area contributed by atoms with E-state index in [1.807, 2.05) is 61.5 Å². The molecular weight excluding hydrogens is 624 g/mol. The van der Waals surface area contributed by atoms with Crippen molar-refractivity contribution in [2.75, 3.05) is 20.3 Å². The Labute approximate surface area is 276 Å². The van der Waals surface area contributed by atoms with Crippen LogP contribution in [0.25, 0.3) is 6.08 Å². The van der Waals surface area contributed by atoms with Crippen LogP contribution in [-0.4, -0.2) is 30.9 Å². The molecular formula is C36H35ClN2O6S. The quantitative estimate of drug-likeness (QED) is 0.134. The van der Waals surface area contributed by atoms with Crippen molar-refractivity contribution in [3.05, 3.63) is 132 Å². The molecule has 10 heteroatoms. The fraction of sp³-hybridized carbons (Fsp3) is 0.250. The molecule has 0 aliphatic carbocycles. The second-order valence-electron chi connectivity index (χ2n) is 10.4. The number of methoxy groups -OCH3 is 1. The van der Waals surface area contributed by atoms with E-state index in [-0.39, 0.29) is 18.8 Å². The molecule has 4 aromatic rings. The van der Waals surface area contributed by atoms with Crippen LogP contribution in [0.4, 0.5) is 0 Å². The van der Waals surface area contributed by atoms with Crippen molar-refractivity contribution in [1.82, 2.24) is 4.57 Å². The number of allylic oxidation sites excluding steroid dienone is 2. The highest BCUT2D eigenvalue weighted by molar-refractivity contribution is 7.07. The average Bonchev–Trinajstić information content (AvgIpc) is 3.34. The first-order chi connectivity index (χ1) is 22.3. The average molecular weight is 659 g/mol. The number of hydrogen-bond donors (Lipinski definition) is 0. The first-order valence-electron chi connectivity index (χ1n) is 14.9. The van der Waals surface area contributed by atoms with Gasteiger partial charge in [0.25, 0.3) is 5.56 Å². The maximum atomic E-state index is 14.1. The Morgan fingerprint density at radius 2 is 1.83 bits per heavy atom. The maximum Gasteiger partial charge on any atom is 0.338 e. The lowest BCUT2D eigenvalue weighted by Gasteiger charge is -2.24. The molecule has 46 heavy (non-hydrogen) atoms. The zero-order valence-corrected chi connectivity index (χ0v) is 27.7. The molecule has 0 fully saturated rings. The van der Waals surface area contributed by atoms with Crippen LogP contribution in [0.3, 0.4) is 0 Å². The molecule has 1 aliphatic rings. The number of rotatable bonds is 12. The van der Waals surface area contributed by atoms with Gasteiger partial charge in [0.1, 0.15) is 12.4 Å². The summed E-state index contributed by atoms with van der Waals surface area (Å²) in [6.07, 6.45) is 4.12. The van der Waals surface area contributed by atoms with Gasteiger partial charge >= 0.3 is 5.97 Å². The van der Waals surface area contributed by atoms with Gasteiger partial charge in [0, 0.05) is 16.1 Å². The molecule has 3 aromatic carbocycles. The van der Waals surface area contributed by atoms with Crippen LogP contribution in [0, 0.1) is 0 Å². The van der Waals surface area contributed by atoms with Crippen LogP contribution < -0.4 is 29.1 Å². The summed E-state index contributed by atoms with van der Waals surface area (Å²) in [6, 6.07) is 17.9. The van der Waals surface area contributed by atoms with E-state index in [9.17, 15) is 9.59 Å². The van der Waals surface area contributed by atoms with Gasteiger partial charge in [-0.25, -0.2) is 9.79 Å². The highest BCUT2D eigenvalue weighted by Crippen LogP contribution is 2.36. The summed E-state index contributed by atoms with van der Waals surface area (Å²) in [5.74, 6) is 1.29. The van der Waals surface area contributed by atoms with Gasteiger partial charge in [-0.15, -0.1) is 6.58 Å². The minimum atomic E-state index is -0.723. The van der Waals surface area contributed by atoms with Crippen LogP contribution in [0.15, 0.2) is 94.4 Å². The Morgan fingerprint density at radius 3 is 2.50 bits per heavy atom. The Kier molecular flexibility index (Phi) is 10.4. The molecule has 0 N–H and O–H groups in total. The van der Waals surface area contributed by atoms with E-state index < -0.39 is 12.0 Å². The lowest BCUT2D eigenvalue weighted by atomic mass is 9.96. The topological polar surface area (TPSA) is 88.4 Å². The fourth-order valence-electron chi connectivity index (χ4n) is 5.31. The highest BCUT2D eigenvalue weighted by atomic mass is 35.5. The SMILES string of the molecule is C=CCc1cc(/C=c2/sc3n(c2=O)[C@@H](c2ccc(OC)cc2)C(C(=O)OCC)=C(C)N=3)cc(OCC)c1OCc1ccccc1Cl. The van der Waals surface area contributed by atoms with Crippen molar-refractivity contribution in [1.29, 1.82) is 0 Å². The first kappa shape index (κ1) is 32.8. The predicted octanol–water partition coefficient (Wildman–Crippen LogP) is 6.17. The molecule has 0 spiro atoms. The van der Waals surface area contributed by atoms with Crippen molar-refractivity contribution in [2.24, 2.45) is 4.99 Å². The number of fused-ring (bicyclic) bond motifs is 1. The molecule has 8 nitrogen and oxygen atoms in total. The number of esters is 1. The summed E-state index contributed by atoms with van der Waals surface area (Å²) in [4.78, 5) is 32.5. The Morgan fingerprint density at radius 1 is 1.07 bits per heavy atom. The van der Waals surface area contributed by atoms with E-state index in [1.54, 1.807) is 43.7 Å². The largest absolute Gasteiger partial charge is 0.497 e. The molecule has 1 aliphatic heterocycles. The number of hydrogen-bond acceptors (Lipinski definition) is 8. The van der Waals surface area contributed by atoms with Gasteiger partial charge in [-0.2, -0.15) is 0 Å². The fourth-order valence-corrected chi connectivity index (χ4v) is 6.55. The van der Waals surface area contributed by atoms with Gasteiger partial charge in [0.05, 0.1) is 42.2 Å².